The monoisotopic (exact) mass is 324 g/mol. The Hall–Kier alpha value is -2.95. The Morgan fingerprint density at radius 1 is 1.12 bits per heavy atom. The lowest BCUT2D eigenvalue weighted by Gasteiger charge is -2.27. The molecule has 0 spiro atoms. The third-order valence-electron chi connectivity index (χ3n) is 3.72. The Bertz CT molecular complexity index is 780. The average Bonchev–Trinajstić information content (AvgIpc) is 2.59. The maximum absolute atomic E-state index is 12.3. The van der Waals surface area contributed by atoms with E-state index >= 15 is 0 Å². The first kappa shape index (κ1) is 15.9. The summed E-state index contributed by atoms with van der Waals surface area (Å²) >= 11 is 0. The molecular weight excluding hydrogens is 304 g/mol. The molecule has 1 aliphatic heterocycles. The van der Waals surface area contributed by atoms with Gasteiger partial charge in [0.05, 0.1) is 12.8 Å². The summed E-state index contributed by atoms with van der Waals surface area (Å²) in [5.74, 6) is 1.32. The number of nitrogens with one attached hydrogen (secondary N) is 2. The van der Waals surface area contributed by atoms with E-state index in [4.69, 9.17) is 9.47 Å². The molecule has 0 unspecified atom stereocenters. The molecule has 3 rings (SSSR count). The highest BCUT2D eigenvalue weighted by Gasteiger charge is 2.22. The summed E-state index contributed by atoms with van der Waals surface area (Å²) in [4.78, 5) is 12.3. The third-order valence-corrected chi connectivity index (χ3v) is 3.72. The first-order chi connectivity index (χ1) is 11.5. The van der Waals surface area contributed by atoms with Gasteiger partial charge in [-0.3, -0.25) is 15.6 Å². The molecule has 5 heteroatoms. The fourth-order valence-electron chi connectivity index (χ4n) is 2.40. The van der Waals surface area contributed by atoms with Gasteiger partial charge in [0, 0.05) is 11.1 Å². The maximum atomic E-state index is 12.3. The van der Waals surface area contributed by atoms with Gasteiger partial charge in [-0.1, -0.05) is 6.08 Å². The van der Waals surface area contributed by atoms with E-state index in [2.05, 4.69) is 10.9 Å². The van der Waals surface area contributed by atoms with Crippen molar-refractivity contribution in [3.8, 4) is 11.5 Å². The number of carbonyl (C=O) groups excluding carboxylic acids is 1. The zero-order valence-electron chi connectivity index (χ0n) is 13.9. The Kier molecular flexibility index (Phi) is 4.16. The van der Waals surface area contributed by atoms with Gasteiger partial charge in [0.15, 0.2) is 0 Å². The molecule has 0 saturated carbocycles. The number of methoxy groups -OCH3 is 1. The van der Waals surface area contributed by atoms with Crippen LogP contribution in [0.25, 0.3) is 6.08 Å². The van der Waals surface area contributed by atoms with Crippen LogP contribution in [0.15, 0.2) is 48.5 Å². The van der Waals surface area contributed by atoms with Crippen molar-refractivity contribution >= 4 is 17.7 Å². The Labute approximate surface area is 141 Å². The van der Waals surface area contributed by atoms with Crippen LogP contribution in [0.4, 0.5) is 5.69 Å². The van der Waals surface area contributed by atoms with Crippen molar-refractivity contribution in [1.82, 2.24) is 5.43 Å². The molecule has 1 aliphatic rings. The van der Waals surface area contributed by atoms with Crippen LogP contribution in [0.3, 0.4) is 0 Å². The molecule has 0 radical (unpaired) electrons. The second kappa shape index (κ2) is 6.28. The predicted octanol–water partition coefficient (Wildman–Crippen LogP) is 3.64. The zero-order valence-corrected chi connectivity index (χ0v) is 13.9. The van der Waals surface area contributed by atoms with Gasteiger partial charge in [0.2, 0.25) is 0 Å². The molecule has 24 heavy (non-hydrogen) atoms. The summed E-state index contributed by atoms with van der Waals surface area (Å²) in [6.45, 7) is 3.98. The minimum absolute atomic E-state index is 0.216. The van der Waals surface area contributed by atoms with Crippen LogP contribution in [0.5, 0.6) is 11.5 Å². The molecule has 2 N–H and O–H groups in total. The molecule has 1 heterocycles. The molecule has 0 aliphatic carbocycles. The molecule has 0 atom stereocenters. The van der Waals surface area contributed by atoms with Gasteiger partial charge < -0.3 is 9.47 Å². The molecule has 1 amide bonds. The first-order valence-electron chi connectivity index (χ1n) is 7.69. The fraction of sp³-hybridized carbons (Fsp3) is 0.211. The summed E-state index contributed by atoms with van der Waals surface area (Å²) < 4.78 is 11.0. The van der Waals surface area contributed by atoms with E-state index < -0.39 is 0 Å². The summed E-state index contributed by atoms with van der Waals surface area (Å²) in [5.41, 5.74) is 7.46. The second-order valence-electron chi connectivity index (χ2n) is 6.10. The molecule has 124 valence electrons. The second-order valence-corrected chi connectivity index (χ2v) is 6.10. The SMILES string of the molecule is COc1ccc(NNC(=O)c2ccc3c(c2)C=CC(C)(C)O3)cc1. The number of benzene rings is 2. The molecule has 2 aromatic carbocycles. The van der Waals surface area contributed by atoms with Crippen LogP contribution < -0.4 is 20.3 Å². The van der Waals surface area contributed by atoms with Gasteiger partial charge in [-0.2, -0.15) is 0 Å². The van der Waals surface area contributed by atoms with Crippen molar-refractivity contribution < 1.29 is 14.3 Å². The van der Waals surface area contributed by atoms with Gasteiger partial charge in [-0.15, -0.1) is 0 Å². The van der Waals surface area contributed by atoms with Crippen molar-refractivity contribution in [3.63, 3.8) is 0 Å². The van der Waals surface area contributed by atoms with Crippen LogP contribution in [0.1, 0.15) is 29.8 Å². The highest BCUT2D eigenvalue weighted by Crippen LogP contribution is 2.31. The first-order valence-corrected chi connectivity index (χ1v) is 7.69. The minimum Gasteiger partial charge on any atom is -0.497 e. The number of anilines is 1. The van der Waals surface area contributed by atoms with Crippen LogP contribution >= 0.6 is 0 Å². The van der Waals surface area contributed by atoms with Gasteiger partial charge >= 0.3 is 0 Å². The third kappa shape index (κ3) is 3.51. The number of hydrogen-bond donors (Lipinski definition) is 2. The molecule has 0 fully saturated rings. The molecule has 0 aromatic heterocycles. The lowest BCUT2D eigenvalue weighted by molar-refractivity contribution is 0.0962. The smallest absolute Gasteiger partial charge is 0.269 e. The lowest BCUT2D eigenvalue weighted by atomic mass is 10.0. The number of amides is 1. The van der Waals surface area contributed by atoms with Crippen molar-refractivity contribution in [3.05, 3.63) is 59.7 Å². The van der Waals surface area contributed by atoms with Crippen LogP contribution in [0, 0.1) is 0 Å². The van der Waals surface area contributed by atoms with Crippen LogP contribution in [-0.4, -0.2) is 18.6 Å². The van der Waals surface area contributed by atoms with Crippen LogP contribution in [0.2, 0.25) is 0 Å². The van der Waals surface area contributed by atoms with Gasteiger partial charge in [-0.25, -0.2) is 0 Å². The van der Waals surface area contributed by atoms with Gasteiger partial charge in [-0.05, 0) is 62.4 Å². The molecule has 0 bridgehead atoms. The van der Waals surface area contributed by atoms with E-state index in [9.17, 15) is 4.79 Å². The molecule has 2 aromatic rings. The maximum Gasteiger partial charge on any atom is 0.269 e. The Balaban J connectivity index is 1.67. The van der Waals surface area contributed by atoms with Crippen molar-refractivity contribution in [1.29, 1.82) is 0 Å². The van der Waals surface area contributed by atoms with E-state index in [1.54, 1.807) is 13.2 Å². The van der Waals surface area contributed by atoms with Gasteiger partial charge in [0.1, 0.15) is 17.1 Å². The highest BCUT2D eigenvalue weighted by molar-refractivity contribution is 5.95. The Morgan fingerprint density at radius 2 is 1.88 bits per heavy atom. The summed E-state index contributed by atoms with van der Waals surface area (Å²) in [6, 6.07) is 12.7. The summed E-state index contributed by atoms with van der Waals surface area (Å²) in [5, 5.41) is 0. The number of hydrazine groups is 1. The average molecular weight is 324 g/mol. The quantitative estimate of drug-likeness (QED) is 0.843. The largest absolute Gasteiger partial charge is 0.497 e. The van der Waals surface area contributed by atoms with Gasteiger partial charge in [0.25, 0.3) is 5.91 Å². The van der Waals surface area contributed by atoms with E-state index in [1.807, 2.05) is 62.4 Å². The fourth-order valence-corrected chi connectivity index (χ4v) is 2.40. The number of carbonyl (C=O) groups is 1. The molecular formula is C19H20N2O3. The molecule has 5 nitrogen and oxygen atoms in total. The van der Waals surface area contributed by atoms with E-state index in [0.717, 1.165) is 22.7 Å². The predicted molar refractivity (Wildman–Crippen MR) is 94.3 cm³/mol. The lowest BCUT2D eigenvalue weighted by Crippen LogP contribution is -2.30. The topological polar surface area (TPSA) is 59.6 Å². The Morgan fingerprint density at radius 3 is 2.58 bits per heavy atom. The normalized spacial score (nSPS) is 14.3. The number of rotatable bonds is 4. The summed E-state index contributed by atoms with van der Waals surface area (Å²) in [6.07, 6.45) is 3.96. The number of hydrogen-bond acceptors (Lipinski definition) is 4. The van der Waals surface area contributed by atoms with E-state index in [-0.39, 0.29) is 11.5 Å². The summed E-state index contributed by atoms with van der Waals surface area (Å²) in [7, 11) is 1.61. The highest BCUT2D eigenvalue weighted by atomic mass is 16.5. The van der Waals surface area contributed by atoms with Crippen LogP contribution in [-0.2, 0) is 0 Å². The number of ether oxygens (including phenoxy) is 2. The van der Waals surface area contributed by atoms with E-state index in [1.165, 1.54) is 0 Å². The van der Waals surface area contributed by atoms with Crippen molar-refractivity contribution in [2.45, 2.75) is 19.4 Å². The zero-order chi connectivity index (χ0) is 17.2. The number of fused-ring (bicyclic) bond motifs is 1. The standard InChI is InChI=1S/C19H20N2O3/c1-19(2)11-10-13-12-14(4-9-17(13)24-19)18(22)21-20-15-5-7-16(23-3)8-6-15/h4-12,20H,1-3H3,(H,21,22). The van der Waals surface area contributed by atoms with E-state index in [0.29, 0.717) is 5.56 Å². The van der Waals surface area contributed by atoms with Crippen molar-refractivity contribution in [2.75, 3.05) is 12.5 Å². The minimum atomic E-state index is -0.327. The molecule has 0 saturated heterocycles. The van der Waals surface area contributed by atoms with Crippen molar-refractivity contribution in [2.24, 2.45) is 0 Å².